The summed E-state index contributed by atoms with van der Waals surface area (Å²) in [4.78, 5) is 5.54. The summed E-state index contributed by atoms with van der Waals surface area (Å²) in [5.74, 6) is 0.513. The molecule has 4 heteroatoms. The van der Waals surface area contributed by atoms with E-state index in [9.17, 15) is 0 Å². The van der Waals surface area contributed by atoms with Crippen molar-refractivity contribution in [2.75, 3.05) is 13.2 Å². The highest BCUT2D eigenvalue weighted by Gasteiger charge is 2.18. The first-order valence-corrected chi connectivity index (χ1v) is 5.44. The third-order valence-corrected chi connectivity index (χ3v) is 3.46. The van der Waals surface area contributed by atoms with Crippen molar-refractivity contribution < 1.29 is 4.74 Å². The third-order valence-electron chi connectivity index (χ3n) is 2.28. The highest BCUT2D eigenvalue weighted by molar-refractivity contribution is 7.11. The maximum atomic E-state index is 5.53. The van der Waals surface area contributed by atoms with Crippen molar-refractivity contribution in [1.29, 1.82) is 0 Å². The molecule has 1 aromatic heterocycles. The van der Waals surface area contributed by atoms with Crippen LogP contribution in [0.5, 0.6) is 0 Å². The Morgan fingerprint density at radius 3 is 3.23 bits per heavy atom. The van der Waals surface area contributed by atoms with Gasteiger partial charge in [-0.3, -0.25) is 0 Å². The minimum Gasteiger partial charge on any atom is -0.381 e. The summed E-state index contributed by atoms with van der Waals surface area (Å²) in [5, 5.41) is 1.19. The molecule has 1 aliphatic rings. The van der Waals surface area contributed by atoms with Gasteiger partial charge >= 0.3 is 0 Å². The van der Waals surface area contributed by atoms with Crippen LogP contribution < -0.4 is 5.73 Å². The second kappa shape index (κ2) is 4.17. The Morgan fingerprint density at radius 1 is 1.69 bits per heavy atom. The van der Waals surface area contributed by atoms with Crippen molar-refractivity contribution in [2.45, 2.75) is 25.3 Å². The number of hydrogen-bond acceptors (Lipinski definition) is 4. The molecule has 2 N–H and O–H groups in total. The minimum atomic E-state index is 0.513. The van der Waals surface area contributed by atoms with E-state index in [-0.39, 0.29) is 0 Å². The minimum absolute atomic E-state index is 0.513. The standard InChI is InChI=1S/C9H14N2OS/c10-4-8-5-11-9(13-8)7-2-1-3-12-6-7/h5,7H,1-4,6,10H2. The Bertz CT molecular complexity index is 268. The summed E-state index contributed by atoms with van der Waals surface area (Å²) in [6.07, 6.45) is 4.24. The number of thiazole rings is 1. The molecule has 1 aromatic rings. The quantitative estimate of drug-likeness (QED) is 0.783. The molecule has 72 valence electrons. The van der Waals surface area contributed by atoms with E-state index in [2.05, 4.69) is 4.98 Å². The maximum Gasteiger partial charge on any atom is 0.0982 e. The van der Waals surface area contributed by atoms with Gasteiger partial charge in [0.05, 0.1) is 11.6 Å². The Morgan fingerprint density at radius 2 is 2.62 bits per heavy atom. The summed E-state index contributed by atoms with van der Waals surface area (Å²) in [6, 6.07) is 0. The Labute approximate surface area is 81.9 Å². The number of ether oxygens (including phenoxy) is 1. The summed E-state index contributed by atoms with van der Waals surface area (Å²) in [5.41, 5.74) is 5.53. The molecule has 1 aliphatic heterocycles. The van der Waals surface area contributed by atoms with Crippen LogP contribution in [-0.2, 0) is 11.3 Å². The molecule has 1 fully saturated rings. The number of nitrogens with zero attached hydrogens (tertiary/aromatic N) is 1. The Hall–Kier alpha value is -0.450. The molecular formula is C9H14N2OS. The average molecular weight is 198 g/mol. The van der Waals surface area contributed by atoms with E-state index >= 15 is 0 Å². The van der Waals surface area contributed by atoms with Gasteiger partial charge in [0, 0.05) is 30.1 Å². The SMILES string of the molecule is NCc1cnc(C2CCCOC2)s1. The predicted octanol–water partition coefficient (Wildman–Crippen LogP) is 1.50. The molecule has 0 aliphatic carbocycles. The van der Waals surface area contributed by atoms with Crippen LogP contribution in [0.25, 0.3) is 0 Å². The fraction of sp³-hybridized carbons (Fsp3) is 0.667. The van der Waals surface area contributed by atoms with E-state index in [1.54, 1.807) is 11.3 Å². The molecule has 2 rings (SSSR count). The normalized spacial score (nSPS) is 23.3. The van der Waals surface area contributed by atoms with Gasteiger partial charge in [-0.05, 0) is 12.8 Å². The highest BCUT2D eigenvalue weighted by atomic mass is 32.1. The van der Waals surface area contributed by atoms with E-state index in [4.69, 9.17) is 10.5 Å². The van der Waals surface area contributed by atoms with Gasteiger partial charge in [-0.25, -0.2) is 4.98 Å². The van der Waals surface area contributed by atoms with E-state index in [0.29, 0.717) is 12.5 Å². The maximum absolute atomic E-state index is 5.53. The van der Waals surface area contributed by atoms with Crippen molar-refractivity contribution >= 4 is 11.3 Å². The lowest BCUT2D eigenvalue weighted by molar-refractivity contribution is 0.0804. The van der Waals surface area contributed by atoms with Gasteiger partial charge in [0.15, 0.2) is 0 Å². The first-order chi connectivity index (χ1) is 6.40. The van der Waals surface area contributed by atoms with E-state index < -0.39 is 0 Å². The largest absolute Gasteiger partial charge is 0.381 e. The number of aromatic nitrogens is 1. The molecule has 1 saturated heterocycles. The monoisotopic (exact) mass is 198 g/mol. The van der Waals surface area contributed by atoms with Crippen LogP contribution in [0.4, 0.5) is 0 Å². The Balaban J connectivity index is 2.05. The van der Waals surface area contributed by atoms with Gasteiger partial charge in [0.25, 0.3) is 0 Å². The molecule has 2 heterocycles. The summed E-state index contributed by atoms with van der Waals surface area (Å²) >= 11 is 1.72. The zero-order valence-corrected chi connectivity index (χ0v) is 8.35. The highest BCUT2D eigenvalue weighted by Crippen LogP contribution is 2.28. The number of rotatable bonds is 2. The lowest BCUT2D eigenvalue weighted by Crippen LogP contribution is -2.15. The van der Waals surface area contributed by atoms with Crippen LogP contribution in [0.3, 0.4) is 0 Å². The van der Waals surface area contributed by atoms with Gasteiger partial charge in [-0.2, -0.15) is 0 Å². The van der Waals surface area contributed by atoms with Crippen molar-refractivity contribution in [3.8, 4) is 0 Å². The summed E-state index contributed by atoms with van der Waals surface area (Å²) < 4.78 is 5.41. The van der Waals surface area contributed by atoms with E-state index in [1.165, 1.54) is 16.3 Å². The molecule has 0 saturated carbocycles. The fourth-order valence-corrected chi connectivity index (χ4v) is 2.46. The van der Waals surface area contributed by atoms with Crippen LogP contribution in [0.15, 0.2) is 6.20 Å². The zero-order valence-electron chi connectivity index (χ0n) is 7.53. The second-order valence-electron chi connectivity index (χ2n) is 3.28. The molecule has 13 heavy (non-hydrogen) atoms. The van der Waals surface area contributed by atoms with Gasteiger partial charge in [-0.15, -0.1) is 11.3 Å². The lowest BCUT2D eigenvalue weighted by atomic mass is 10.0. The molecule has 0 bridgehead atoms. The molecule has 0 radical (unpaired) electrons. The molecule has 3 nitrogen and oxygen atoms in total. The number of hydrogen-bond donors (Lipinski definition) is 1. The molecule has 0 aromatic carbocycles. The van der Waals surface area contributed by atoms with Crippen LogP contribution in [0, 0.1) is 0 Å². The topological polar surface area (TPSA) is 48.1 Å². The molecule has 1 unspecified atom stereocenters. The van der Waals surface area contributed by atoms with Gasteiger partial charge in [-0.1, -0.05) is 0 Å². The molecular weight excluding hydrogens is 184 g/mol. The second-order valence-corrected chi connectivity index (χ2v) is 4.43. The first-order valence-electron chi connectivity index (χ1n) is 4.62. The van der Waals surface area contributed by atoms with Crippen LogP contribution >= 0.6 is 11.3 Å². The van der Waals surface area contributed by atoms with Gasteiger partial charge in [0.1, 0.15) is 0 Å². The van der Waals surface area contributed by atoms with E-state index in [1.807, 2.05) is 6.20 Å². The smallest absolute Gasteiger partial charge is 0.0982 e. The Kier molecular flexibility index (Phi) is 2.93. The molecule has 0 amide bonds. The van der Waals surface area contributed by atoms with Gasteiger partial charge in [0.2, 0.25) is 0 Å². The van der Waals surface area contributed by atoms with Crippen molar-refractivity contribution in [1.82, 2.24) is 4.98 Å². The summed E-state index contributed by atoms with van der Waals surface area (Å²) in [7, 11) is 0. The van der Waals surface area contributed by atoms with Crippen molar-refractivity contribution in [3.63, 3.8) is 0 Å². The van der Waals surface area contributed by atoms with Crippen molar-refractivity contribution in [3.05, 3.63) is 16.1 Å². The lowest BCUT2D eigenvalue weighted by Gasteiger charge is -2.19. The summed E-state index contributed by atoms with van der Waals surface area (Å²) in [6.45, 7) is 2.34. The molecule has 0 spiro atoms. The van der Waals surface area contributed by atoms with Crippen LogP contribution in [0.1, 0.15) is 28.6 Å². The third kappa shape index (κ3) is 2.07. The number of nitrogens with two attached hydrogens (primary N) is 1. The molecule has 1 atom stereocenters. The first kappa shape index (κ1) is 9.12. The van der Waals surface area contributed by atoms with Crippen molar-refractivity contribution in [2.24, 2.45) is 5.73 Å². The van der Waals surface area contributed by atoms with Crippen LogP contribution in [0.2, 0.25) is 0 Å². The van der Waals surface area contributed by atoms with Crippen LogP contribution in [-0.4, -0.2) is 18.2 Å². The fourth-order valence-electron chi connectivity index (χ4n) is 1.54. The van der Waals surface area contributed by atoms with Gasteiger partial charge < -0.3 is 10.5 Å². The predicted molar refractivity (Wildman–Crippen MR) is 52.8 cm³/mol. The average Bonchev–Trinajstić information content (AvgIpc) is 2.67. The zero-order chi connectivity index (χ0) is 9.10. The van der Waals surface area contributed by atoms with E-state index in [0.717, 1.165) is 19.6 Å².